The van der Waals surface area contributed by atoms with Gasteiger partial charge in [-0.15, -0.1) is 0 Å². The number of fused-ring (bicyclic) bond motifs is 1. The topological polar surface area (TPSA) is 95.8 Å². The number of ether oxygens (including phenoxy) is 1. The number of aliphatic imine (C=N–C) groups is 1. The second-order valence-corrected chi connectivity index (χ2v) is 11.2. The van der Waals surface area contributed by atoms with Crippen LogP contribution in [0.15, 0.2) is 29.3 Å². The Morgan fingerprint density at radius 2 is 1.72 bits per heavy atom. The maximum absolute atomic E-state index is 9.77. The fourth-order valence-electron chi connectivity index (χ4n) is 5.69. The molecule has 0 bridgehead atoms. The highest BCUT2D eigenvalue weighted by Crippen LogP contribution is 2.27. The van der Waals surface area contributed by atoms with Crippen molar-refractivity contribution in [1.82, 2.24) is 25.3 Å². The van der Waals surface area contributed by atoms with Gasteiger partial charge in [-0.1, -0.05) is 57.6 Å². The van der Waals surface area contributed by atoms with E-state index in [1.807, 2.05) is 12.1 Å². The Morgan fingerprint density at radius 3 is 2.36 bits per heavy atom. The average molecular weight is 547 g/mol. The van der Waals surface area contributed by atoms with E-state index in [-0.39, 0.29) is 31.7 Å². The summed E-state index contributed by atoms with van der Waals surface area (Å²) in [6.45, 7) is 10.7. The zero-order valence-corrected chi connectivity index (χ0v) is 24.8. The summed E-state index contributed by atoms with van der Waals surface area (Å²) >= 11 is 0. The van der Waals surface area contributed by atoms with E-state index in [9.17, 15) is 10.2 Å². The monoisotopic (exact) mass is 546 g/mol. The third-order valence-electron chi connectivity index (χ3n) is 7.95. The molecule has 3 unspecified atom stereocenters. The molecule has 222 valence electrons. The molecule has 0 amide bonds. The summed E-state index contributed by atoms with van der Waals surface area (Å²) in [7, 11) is 1.68. The second-order valence-electron chi connectivity index (χ2n) is 11.2. The normalized spacial score (nSPS) is 23.1. The Balaban J connectivity index is 1.80. The molecule has 0 spiro atoms. The van der Waals surface area contributed by atoms with Crippen molar-refractivity contribution < 1.29 is 14.9 Å². The molecule has 1 aromatic carbocycles. The fourth-order valence-corrected chi connectivity index (χ4v) is 5.69. The summed E-state index contributed by atoms with van der Waals surface area (Å²) in [5.41, 5.74) is 1.14. The number of amidine groups is 1. The number of aliphatic hydroxyl groups excluding tert-OH is 2. The molecular formula is C30H54N6O3. The van der Waals surface area contributed by atoms with Crippen molar-refractivity contribution >= 4 is 5.84 Å². The molecule has 3 rings (SSSR count). The highest BCUT2D eigenvalue weighted by molar-refractivity contribution is 5.89. The Labute approximate surface area is 236 Å². The molecule has 3 atom stereocenters. The first-order chi connectivity index (χ1) is 19.0. The van der Waals surface area contributed by atoms with Crippen LogP contribution >= 0.6 is 0 Å². The Kier molecular flexibility index (Phi) is 14.0. The van der Waals surface area contributed by atoms with Gasteiger partial charge in [-0.05, 0) is 44.4 Å². The van der Waals surface area contributed by atoms with Gasteiger partial charge in [-0.25, -0.2) is 0 Å². The highest BCUT2D eigenvalue weighted by Gasteiger charge is 2.48. The van der Waals surface area contributed by atoms with E-state index >= 15 is 0 Å². The number of aliphatic hydroxyl groups is 2. The van der Waals surface area contributed by atoms with Crippen LogP contribution in [0.2, 0.25) is 0 Å². The van der Waals surface area contributed by atoms with Crippen molar-refractivity contribution in [3.8, 4) is 5.75 Å². The zero-order chi connectivity index (χ0) is 28.0. The number of unbranched alkanes of at least 4 members (excludes halogenated alkanes) is 6. The van der Waals surface area contributed by atoms with E-state index in [0.717, 1.165) is 30.4 Å². The largest absolute Gasteiger partial charge is 0.497 e. The van der Waals surface area contributed by atoms with E-state index in [0.29, 0.717) is 32.1 Å². The van der Waals surface area contributed by atoms with Crippen LogP contribution in [-0.4, -0.2) is 102 Å². The van der Waals surface area contributed by atoms with Crippen LogP contribution < -0.4 is 15.4 Å². The summed E-state index contributed by atoms with van der Waals surface area (Å²) in [5.74, 6) is 1.84. The third-order valence-corrected chi connectivity index (χ3v) is 7.95. The van der Waals surface area contributed by atoms with Crippen LogP contribution in [0, 0.1) is 0 Å². The van der Waals surface area contributed by atoms with Crippen molar-refractivity contribution in [1.29, 1.82) is 0 Å². The van der Waals surface area contributed by atoms with E-state index in [4.69, 9.17) is 9.73 Å². The Morgan fingerprint density at radius 1 is 1.00 bits per heavy atom. The van der Waals surface area contributed by atoms with Crippen LogP contribution in [0.5, 0.6) is 5.75 Å². The molecular weight excluding hydrogens is 492 g/mol. The summed E-state index contributed by atoms with van der Waals surface area (Å²) in [6, 6.07) is 8.63. The van der Waals surface area contributed by atoms with Gasteiger partial charge >= 0.3 is 0 Å². The molecule has 2 aliphatic heterocycles. The smallest absolute Gasteiger partial charge is 0.137 e. The first-order valence-corrected chi connectivity index (χ1v) is 15.2. The summed E-state index contributed by atoms with van der Waals surface area (Å²) in [5, 5.41) is 26.8. The molecule has 9 heteroatoms. The van der Waals surface area contributed by atoms with Gasteiger partial charge in [0.25, 0.3) is 0 Å². The molecule has 1 aromatic rings. The number of nitrogens with zero attached hydrogens (tertiary/aromatic N) is 4. The molecule has 2 saturated heterocycles. The third kappa shape index (κ3) is 9.40. The number of nitrogens with one attached hydrogen (secondary N) is 2. The number of methoxy groups -OCH3 is 1. The fraction of sp³-hybridized carbons (Fsp3) is 0.767. The average Bonchev–Trinajstić information content (AvgIpc) is 3.32. The molecule has 0 aliphatic carbocycles. The van der Waals surface area contributed by atoms with E-state index < -0.39 is 0 Å². The van der Waals surface area contributed by atoms with Crippen LogP contribution in [0.25, 0.3) is 0 Å². The quantitative estimate of drug-likeness (QED) is 0.209. The number of hydrogen-bond acceptors (Lipinski definition) is 8. The molecule has 4 N–H and O–H groups in total. The lowest BCUT2D eigenvalue weighted by Gasteiger charge is -2.45. The Hall–Kier alpha value is -1.75. The predicted molar refractivity (Wildman–Crippen MR) is 159 cm³/mol. The minimum atomic E-state index is -0.167. The molecule has 39 heavy (non-hydrogen) atoms. The van der Waals surface area contributed by atoms with Crippen LogP contribution in [-0.2, 0) is 6.54 Å². The van der Waals surface area contributed by atoms with Crippen molar-refractivity contribution in [3.63, 3.8) is 0 Å². The van der Waals surface area contributed by atoms with Crippen LogP contribution in [0.3, 0.4) is 0 Å². The Bertz CT molecular complexity index is 836. The predicted octanol–water partition coefficient (Wildman–Crippen LogP) is 3.18. The SMILES string of the molecule is CCCCCCCCCN1CN(C(C)C)C2NC(N(CCO)CCCO)NC(=NCc3ccc(OC)cc3)C21. The lowest BCUT2D eigenvalue weighted by molar-refractivity contribution is 0.0592. The van der Waals surface area contributed by atoms with Gasteiger partial charge in [0, 0.05) is 32.3 Å². The highest BCUT2D eigenvalue weighted by atomic mass is 16.5. The van der Waals surface area contributed by atoms with E-state index in [1.54, 1.807) is 7.11 Å². The van der Waals surface area contributed by atoms with Crippen molar-refractivity contribution in [2.24, 2.45) is 4.99 Å². The van der Waals surface area contributed by atoms with Crippen molar-refractivity contribution in [3.05, 3.63) is 29.8 Å². The number of rotatable bonds is 18. The molecule has 2 fully saturated rings. The van der Waals surface area contributed by atoms with Gasteiger partial charge in [0.1, 0.15) is 17.9 Å². The van der Waals surface area contributed by atoms with Gasteiger partial charge < -0.3 is 20.3 Å². The standard InChI is InChI=1S/C30H54N6O3/c1-5-6-7-8-9-10-11-17-35-23-36(24(2)3)29-27(35)28(31-22-25-13-15-26(39-4)16-14-25)32-30(33-29)34(19-21-38)18-12-20-37/h13-16,24,27,29-30,33,37-38H,5-12,17-23H2,1-4H3,(H,31,32). The minimum absolute atomic E-state index is 0.0655. The number of hydrogen-bond donors (Lipinski definition) is 4. The molecule has 0 aromatic heterocycles. The lowest BCUT2D eigenvalue weighted by Crippen LogP contribution is -2.72. The summed E-state index contributed by atoms with van der Waals surface area (Å²) in [4.78, 5) is 12.5. The maximum Gasteiger partial charge on any atom is 0.137 e. The van der Waals surface area contributed by atoms with Gasteiger partial charge in [0.2, 0.25) is 0 Å². The van der Waals surface area contributed by atoms with Crippen molar-refractivity contribution in [2.75, 3.05) is 46.6 Å². The van der Waals surface area contributed by atoms with E-state index in [2.05, 4.69) is 58.2 Å². The minimum Gasteiger partial charge on any atom is -0.497 e. The molecule has 0 radical (unpaired) electrons. The first kappa shape index (κ1) is 31.8. The van der Waals surface area contributed by atoms with Gasteiger partial charge in [0.15, 0.2) is 0 Å². The molecule has 2 aliphatic rings. The van der Waals surface area contributed by atoms with Gasteiger partial charge in [0.05, 0.1) is 39.1 Å². The van der Waals surface area contributed by atoms with Crippen molar-refractivity contribution in [2.45, 2.75) is 103 Å². The van der Waals surface area contributed by atoms with Crippen LogP contribution in [0.1, 0.15) is 77.7 Å². The number of benzene rings is 1. The van der Waals surface area contributed by atoms with E-state index in [1.165, 1.54) is 44.9 Å². The molecule has 2 heterocycles. The van der Waals surface area contributed by atoms with Gasteiger partial charge in [-0.2, -0.15) is 0 Å². The second kappa shape index (κ2) is 17.1. The zero-order valence-electron chi connectivity index (χ0n) is 24.8. The van der Waals surface area contributed by atoms with Gasteiger partial charge in [-0.3, -0.25) is 25.0 Å². The van der Waals surface area contributed by atoms with Crippen LogP contribution in [0.4, 0.5) is 0 Å². The molecule has 0 saturated carbocycles. The summed E-state index contributed by atoms with van der Waals surface area (Å²) in [6.07, 6.45) is 9.71. The maximum atomic E-state index is 9.77. The first-order valence-electron chi connectivity index (χ1n) is 15.2. The molecule has 9 nitrogen and oxygen atoms in total. The lowest BCUT2D eigenvalue weighted by atomic mass is 10.1. The summed E-state index contributed by atoms with van der Waals surface area (Å²) < 4.78 is 5.33.